The van der Waals surface area contributed by atoms with Crippen molar-refractivity contribution in [3.05, 3.63) is 40.5 Å². The van der Waals surface area contributed by atoms with Crippen LogP contribution >= 0.6 is 11.6 Å². The highest BCUT2D eigenvalue weighted by Gasteiger charge is 2.17. The van der Waals surface area contributed by atoms with Gasteiger partial charge < -0.3 is 21.0 Å². The molecule has 0 atom stereocenters. The zero-order valence-corrected chi connectivity index (χ0v) is 11.7. The number of aromatic nitrogens is 2. The lowest BCUT2D eigenvalue weighted by molar-refractivity contribution is 0.102. The van der Waals surface area contributed by atoms with Crippen molar-refractivity contribution >= 4 is 29.2 Å². The number of halogens is 1. The Bertz CT molecular complexity index is 698. The van der Waals surface area contributed by atoms with E-state index in [1.165, 1.54) is 19.4 Å². The number of oxime groups is 1. The van der Waals surface area contributed by atoms with Gasteiger partial charge in [-0.15, -0.1) is 0 Å². The van der Waals surface area contributed by atoms with Crippen LogP contribution in [0.3, 0.4) is 0 Å². The second-order valence-corrected chi connectivity index (χ2v) is 4.38. The van der Waals surface area contributed by atoms with Crippen molar-refractivity contribution in [2.75, 3.05) is 12.4 Å². The fraction of sp³-hybridized carbons (Fsp3) is 0.0833. The molecule has 0 radical (unpaired) electrons. The number of nitrogens with one attached hydrogen (secondary N) is 2. The van der Waals surface area contributed by atoms with Gasteiger partial charge in [-0.2, -0.15) is 5.10 Å². The molecular formula is C12H12ClN5O3. The molecule has 0 unspecified atom stereocenters. The summed E-state index contributed by atoms with van der Waals surface area (Å²) in [7, 11) is 1.44. The molecule has 0 aliphatic rings. The van der Waals surface area contributed by atoms with Gasteiger partial charge >= 0.3 is 0 Å². The van der Waals surface area contributed by atoms with Crippen LogP contribution < -0.4 is 15.8 Å². The Morgan fingerprint density at radius 2 is 2.29 bits per heavy atom. The van der Waals surface area contributed by atoms with Gasteiger partial charge in [0.1, 0.15) is 11.6 Å². The highest BCUT2D eigenvalue weighted by molar-refractivity contribution is 6.31. The number of amides is 1. The van der Waals surface area contributed by atoms with E-state index in [0.29, 0.717) is 10.8 Å². The predicted molar refractivity (Wildman–Crippen MR) is 77.1 cm³/mol. The van der Waals surface area contributed by atoms with Crippen LogP contribution in [0.2, 0.25) is 5.02 Å². The van der Waals surface area contributed by atoms with E-state index in [-0.39, 0.29) is 22.8 Å². The first-order chi connectivity index (χ1) is 10.1. The average Bonchev–Trinajstić information content (AvgIpc) is 2.94. The summed E-state index contributed by atoms with van der Waals surface area (Å²) in [4.78, 5) is 12.3. The number of hydrogen-bond donors (Lipinski definition) is 4. The zero-order valence-electron chi connectivity index (χ0n) is 10.9. The van der Waals surface area contributed by atoms with Crippen LogP contribution in [-0.2, 0) is 0 Å². The number of nitrogens with two attached hydrogens (primary N) is 1. The minimum absolute atomic E-state index is 0.183. The van der Waals surface area contributed by atoms with Crippen molar-refractivity contribution in [1.82, 2.24) is 10.2 Å². The fourth-order valence-electron chi connectivity index (χ4n) is 1.67. The van der Waals surface area contributed by atoms with Crippen LogP contribution in [0.15, 0.2) is 29.6 Å². The quantitative estimate of drug-likeness (QED) is 0.294. The normalized spacial score (nSPS) is 11.2. The summed E-state index contributed by atoms with van der Waals surface area (Å²) >= 11 is 5.88. The Morgan fingerprint density at radius 3 is 2.95 bits per heavy atom. The van der Waals surface area contributed by atoms with E-state index in [9.17, 15) is 4.79 Å². The van der Waals surface area contributed by atoms with Crippen LogP contribution in [0, 0.1) is 0 Å². The van der Waals surface area contributed by atoms with E-state index in [2.05, 4.69) is 20.7 Å². The molecule has 0 spiro atoms. The lowest BCUT2D eigenvalue weighted by atomic mass is 10.2. The Balaban J connectivity index is 2.31. The Kier molecular flexibility index (Phi) is 4.29. The highest BCUT2D eigenvalue weighted by Crippen LogP contribution is 2.24. The van der Waals surface area contributed by atoms with Gasteiger partial charge in [0, 0.05) is 5.02 Å². The largest absolute Gasteiger partial charge is 0.496 e. The summed E-state index contributed by atoms with van der Waals surface area (Å²) in [5.74, 6) is -0.109. The molecule has 8 nitrogen and oxygen atoms in total. The minimum atomic E-state index is -0.481. The topological polar surface area (TPSA) is 126 Å². The van der Waals surface area contributed by atoms with Gasteiger partial charge in [-0.05, 0) is 18.2 Å². The predicted octanol–water partition coefficient (Wildman–Crippen LogP) is 1.42. The second-order valence-electron chi connectivity index (χ2n) is 3.94. The average molecular weight is 310 g/mol. The van der Waals surface area contributed by atoms with Gasteiger partial charge in [0.2, 0.25) is 0 Å². The summed E-state index contributed by atoms with van der Waals surface area (Å²) in [6.07, 6.45) is 1.32. The monoisotopic (exact) mass is 309 g/mol. The number of methoxy groups -OCH3 is 1. The number of H-pyrrole nitrogens is 1. The second kappa shape index (κ2) is 6.14. The van der Waals surface area contributed by atoms with Crippen molar-refractivity contribution in [3.8, 4) is 5.75 Å². The lowest BCUT2D eigenvalue weighted by Crippen LogP contribution is -2.19. The summed E-state index contributed by atoms with van der Waals surface area (Å²) in [5, 5.41) is 20.8. The van der Waals surface area contributed by atoms with E-state index in [0.717, 1.165) is 0 Å². The van der Waals surface area contributed by atoms with Gasteiger partial charge in [-0.25, -0.2) is 0 Å². The van der Waals surface area contributed by atoms with E-state index >= 15 is 0 Å². The molecule has 2 aromatic rings. The third-order valence-electron chi connectivity index (χ3n) is 2.67. The zero-order chi connectivity index (χ0) is 15.4. The first kappa shape index (κ1) is 14.7. The van der Waals surface area contributed by atoms with Gasteiger partial charge in [-0.3, -0.25) is 9.89 Å². The van der Waals surface area contributed by atoms with Crippen LogP contribution in [0.25, 0.3) is 0 Å². The molecule has 1 aromatic heterocycles. The maximum atomic E-state index is 12.3. The number of carbonyl (C=O) groups excluding carboxylic acids is 1. The molecule has 0 fully saturated rings. The smallest absolute Gasteiger partial charge is 0.260 e. The highest BCUT2D eigenvalue weighted by atomic mass is 35.5. The van der Waals surface area contributed by atoms with Crippen molar-refractivity contribution in [1.29, 1.82) is 0 Å². The van der Waals surface area contributed by atoms with Crippen LogP contribution in [0.1, 0.15) is 15.9 Å². The van der Waals surface area contributed by atoms with Crippen molar-refractivity contribution in [2.45, 2.75) is 0 Å². The number of aromatic amines is 1. The first-order valence-corrected chi connectivity index (χ1v) is 6.10. The van der Waals surface area contributed by atoms with E-state index < -0.39 is 5.91 Å². The van der Waals surface area contributed by atoms with Crippen LogP contribution in [-0.4, -0.2) is 34.3 Å². The van der Waals surface area contributed by atoms with E-state index in [1.807, 2.05) is 0 Å². The molecule has 0 aliphatic heterocycles. The Labute approximate surface area is 124 Å². The molecule has 0 bridgehead atoms. The SMILES string of the molecule is COc1ccc(Cl)cc1C(=O)Nc1[nH]ncc1C(N)=NO. The van der Waals surface area contributed by atoms with Crippen molar-refractivity contribution in [3.63, 3.8) is 0 Å². The maximum Gasteiger partial charge on any atom is 0.260 e. The van der Waals surface area contributed by atoms with E-state index in [4.69, 9.17) is 27.3 Å². The maximum absolute atomic E-state index is 12.3. The Morgan fingerprint density at radius 1 is 1.52 bits per heavy atom. The van der Waals surface area contributed by atoms with Gasteiger partial charge in [0.05, 0.1) is 24.4 Å². The number of benzene rings is 1. The summed E-state index contributed by atoms with van der Waals surface area (Å²) in [6.45, 7) is 0. The molecule has 5 N–H and O–H groups in total. The molecule has 2 rings (SSSR count). The lowest BCUT2D eigenvalue weighted by Gasteiger charge is -2.09. The molecule has 1 heterocycles. The van der Waals surface area contributed by atoms with Gasteiger partial charge in [0.15, 0.2) is 5.84 Å². The van der Waals surface area contributed by atoms with Gasteiger partial charge in [-0.1, -0.05) is 16.8 Å². The van der Waals surface area contributed by atoms with Crippen LogP contribution in [0.4, 0.5) is 5.82 Å². The Hall–Kier alpha value is -2.74. The first-order valence-electron chi connectivity index (χ1n) is 5.73. The van der Waals surface area contributed by atoms with Crippen molar-refractivity contribution < 1.29 is 14.7 Å². The van der Waals surface area contributed by atoms with E-state index in [1.54, 1.807) is 12.1 Å². The number of nitrogens with zero attached hydrogens (tertiary/aromatic N) is 2. The summed E-state index contributed by atoms with van der Waals surface area (Å²) in [6, 6.07) is 4.65. The number of carbonyl (C=O) groups is 1. The molecule has 1 aromatic carbocycles. The number of hydrogen-bond acceptors (Lipinski definition) is 5. The number of anilines is 1. The summed E-state index contributed by atoms with van der Waals surface area (Å²) in [5.41, 5.74) is 5.97. The number of amidine groups is 1. The standard InChI is InChI=1S/C12H12ClN5O3/c1-21-9-3-2-6(13)4-7(9)12(19)16-11-8(5-15-17-11)10(14)18-20/h2-5,20H,1H3,(H2,14,18)(H2,15,16,17,19). The van der Waals surface area contributed by atoms with Gasteiger partial charge in [0.25, 0.3) is 5.91 Å². The fourth-order valence-corrected chi connectivity index (χ4v) is 1.84. The third kappa shape index (κ3) is 3.06. The molecule has 0 saturated carbocycles. The molecular weight excluding hydrogens is 298 g/mol. The van der Waals surface area contributed by atoms with Crippen molar-refractivity contribution in [2.24, 2.45) is 10.9 Å². The molecule has 0 aliphatic carbocycles. The third-order valence-corrected chi connectivity index (χ3v) is 2.90. The number of ether oxygens (including phenoxy) is 1. The molecule has 110 valence electrons. The van der Waals surface area contributed by atoms with Crippen LogP contribution in [0.5, 0.6) is 5.75 Å². The molecule has 0 saturated heterocycles. The molecule has 21 heavy (non-hydrogen) atoms. The summed E-state index contributed by atoms with van der Waals surface area (Å²) < 4.78 is 5.11. The molecule has 1 amide bonds. The minimum Gasteiger partial charge on any atom is -0.496 e. The molecule has 9 heteroatoms. The number of rotatable bonds is 4.